The number of amides is 2. The van der Waals surface area contributed by atoms with Crippen LogP contribution < -0.4 is 10.6 Å². The number of piperidine rings is 2. The lowest BCUT2D eigenvalue weighted by atomic mass is 9.99. The fourth-order valence-corrected chi connectivity index (χ4v) is 7.64. The van der Waals surface area contributed by atoms with Gasteiger partial charge in [0.1, 0.15) is 0 Å². The standard InChI is InChI=1S/C20H32N2O.C18H28N2O/c1-6-10-18(22(5)11-8-7-9-12-22)20(23)21-19-16(3)13-15(2)14-17(19)4;1-13-11-14(2)17(15(3)12-13)19-18(21)16(4)20(5)9-7-6-8-10-20/h13-14,18H,6-12H2,1-5H3;11-12,16H,6-10H2,1-5H3/p+2. The topological polar surface area (TPSA) is 58.2 Å². The number of nitrogens with one attached hydrogen (secondary N) is 2. The second-order valence-electron chi connectivity index (χ2n) is 14.5. The van der Waals surface area contributed by atoms with Gasteiger partial charge in [-0.05, 0) is 116 Å². The van der Waals surface area contributed by atoms with E-state index in [1.165, 1.54) is 49.7 Å². The molecule has 6 heteroatoms. The minimum Gasteiger partial charge on any atom is -0.320 e. The third-order valence-electron chi connectivity index (χ3n) is 10.5. The molecular formula is C38H62N4O2+2. The molecule has 2 aromatic carbocycles. The number of benzene rings is 2. The number of carbonyl (C=O) groups is 2. The molecule has 2 unspecified atom stereocenters. The van der Waals surface area contributed by atoms with E-state index >= 15 is 0 Å². The number of likely N-dealkylation sites (N-methyl/N-ethyl adjacent to an activating group) is 2. The molecule has 0 saturated carbocycles. The lowest BCUT2D eigenvalue weighted by molar-refractivity contribution is -0.929. The van der Waals surface area contributed by atoms with Gasteiger partial charge in [0.05, 0.1) is 40.3 Å². The molecule has 0 aromatic heterocycles. The van der Waals surface area contributed by atoms with Crippen molar-refractivity contribution >= 4 is 23.2 Å². The molecule has 2 saturated heterocycles. The van der Waals surface area contributed by atoms with Crippen LogP contribution in [0.5, 0.6) is 0 Å². The quantitative estimate of drug-likeness (QED) is 0.300. The lowest BCUT2D eigenvalue weighted by Crippen LogP contribution is -2.59. The van der Waals surface area contributed by atoms with Crippen molar-refractivity contribution in [1.82, 2.24) is 0 Å². The van der Waals surface area contributed by atoms with Crippen molar-refractivity contribution in [3.63, 3.8) is 0 Å². The Morgan fingerprint density at radius 1 is 0.636 bits per heavy atom. The molecule has 6 nitrogen and oxygen atoms in total. The lowest BCUT2D eigenvalue weighted by Gasteiger charge is -2.43. The highest BCUT2D eigenvalue weighted by atomic mass is 16.2. The third kappa shape index (κ3) is 8.94. The normalized spacial score (nSPS) is 18.8. The van der Waals surface area contributed by atoms with Gasteiger partial charge in [0.25, 0.3) is 11.8 Å². The van der Waals surface area contributed by atoms with Gasteiger partial charge in [0, 0.05) is 17.8 Å². The van der Waals surface area contributed by atoms with Gasteiger partial charge in [-0.3, -0.25) is 9.59 Å². The highest BCUT2D eigenvalue weighted by Crippen LogP contribution is 2.28. The first-order valence-electron chi connectivity index (χ1n) is 17.2. The Balaban J connectivity index is 0.000000241. The largest absolute Gasteiger partial charge is 0.320 e. The number of likely N-dealkylation sites (tertiary alicyclic amines) is 2. The molecule has 2 amide bonds. The number of hydrogen-bond acceptors (Lipinski definition) is 2. The number of rotatable bonds is 8. The maximum Gasteiger partial charge on any atom is 0.282 e. The number of aryl methyl sites for hydroxylation is 6. The van der Waals surface area contributed by atoms with E-state index in [-0.39, 0.29) is 23.9 Å². The van der Waals surface area contributed by atoms with Gasteiger partial charge in [-0.1, -0.05) is 42.3 Å². The molecule has 44 heavy (non-hydrogen) atoms. The molecule has 2 aliphatic rings. The summed E-state index contributed by atoms with van der Waals surface area (Å²) < 4.78 is 1.78. The van der Waals surface area contributed by atoms with Gasteiger partial charge in [0.15, 0.2) is 12.1 Å². The van der Waals surface area contributed by atoms with Crippen molar-refractivity contribution in [2.75, 3.05) is 50.9 Å². The Kier molecular flexibility index (Phi) is 12.6. The number of anilines is 2. The van der Waals surface area contributed by atoms with Crippen LogP contribution in [0.4, 0.5) is 11.4 Å². The maximum absolute atomic E-state index is 13.1. The molecular weight excluding hydrogens is 544 g/mol. The first-order chi connectivity index (χ1) is 20.7. The number of carbonyl (C=O) groups excluding carboxylic acids is 2. The van der Waals surface area contributed by atoms with Gasteiger partial charge >= 0.3 is 0 Å². The van der Waals surface area contributed by atoms with E-state index in [0.717, 1.165) is 81.6 Å². The van der Waals surface area contributed by atoms with Gasteiger partial charge in [-0.2, -0.15) is 0 Å². The Morgan fingerprint density at radius 3 is 1.39 bits per heavy atom. The zero-order chi connectivity index (χ0) is 32.7. The summed E-state index contributed by atoms with van der Waals surface area (Å²) in [7, 11) is 4.49. The Hall–Kier alpha value is -2.70. The predicted octanol–water partition coefficient (Wildman–Crippen LogP) is 7.92. The fourth-order valence-electron chi connectivity index (χ4n) is 7.64. The summed E-state index contributed by atoms with van der Waals surface area (Å²) in [4.78, 5) is 25.7. The van der Waals surface area contributed by atoms with Crippen molar-refractivity contribution < 1.29 is 18.6 Å². The van der Waals surface area contributed by atoms with Gasteiger partial charge in [-0.15, -0.1) is 0 Å². The van der Waals surface area contributed by atoms with Gasteiger partial charge < -0.3 is 19.6 Å². The molecule has 0 spiro atoms. The molecule has 2 N–H and O–H groups in total. The summed E-state index contributed by atoms with van der Waals surface area (Å²) in [5.41, 5.74) is 9.10. The maximum atomic E-state index is 13.1. The first kappa shape index (κ1) is 35.8. The summed E-state index contributed by atoms with van der Waals surface area (Å²) >= 11 is 0. The van der Waals surface area contributed by atoms with Crippen LogP contribution in [0.1, 0.15) is 98.6 Å². The fraction of sp³-hybridized carbons (Fsp3) is 0.632. The highest BCUT2D eigenvalue weighted by molar-refractivity contribution is 5.96. The van der Waals surface area contributed by atoms with E-state index in [1.807, 2.05) is 0 Å². The van der Waals surface area contributed by atoms with Crippen LogP contribution in [-0.2, 0) is 9.59 Å². The van der Waals surface area contributed by atoms with Crippen LogP contribution >= 0.6 is 0 Å². The summed E-state index contributed by atoms with van der Waals surface area (Å²) in [6.45, 7) is 21.2. The van der Waals surface area contributed by atoms with Crippen LogP contribution in [-0.4, -0.2) is 73.1 Å². The molecule has 2 fully saturated rings. The molecule has 2 aliphatic heterocycles. The summed E-state index contributed by atoms with van der Waals surface area (Å²) in [6.07, 6.45) is 9.58. The molecule has 0 aliphatic carbocycles. The molecule has 0 bridgehead atoms. The molecule has 244 valence electrons. The van der Waals surface area contributed by atoms with Gasteiger partial charge in [-0.25, -0.2) is 0 Å². The number of nitrogens with zero attached hydrogens (tertiary/aromatic N) is 2. The molecule has 2 heterocycles. The average Bonchev–Trinajstić information content (AvgIpc) is 2.96. The predicted molar refractivity (Wildman–Crippen MR) is 186 cm³/mol. The number of quaternary nitrogens is 2. The monoisotopic (exact) mass is 606 g/mol. The summed E-state index contributed by atoms with van der Waals surface area (Å²) in [6, 6.07) is 8.63. The zero-order valence-corrected chi connectivity index (χ0v) is 29.7. The zero-order valence-electron chi connectivity index (χ0n) is 29.7. The van der Waals surface area contributed by atoms with E-state index < -0.39 is 0 Å². The van der Waals surface area contributed by atoms with Gasteiger partial charge in [0.2, 0.25) is 0 Å². The highest BCUT2D eigenvalue weighted by Gasteiger charge is 2.39. The molecule has 2 atom stereocenters. The van der Waals surface area contributed by atoms with E-state index in [2.05, 4.69) is 104 Å². The van der Waals surface area contributed by atoms with E-state index in [1.54, 1.807) is 0 Å². The van der Waals surface area contributed by atoms with Crippen molar-refractivity contribution in [2.45, 2.75) is 119 Å². The Labute approximate surface area is 268 Å². The summed E-state index contributed by atoms with van der Waals surface area (Å²) in [5, 5.41) is 6.43. The van der Waals surface area contributed by atoms with Crippen LogP contribution in [0.25, 0.3) is 0 Å². The van der Waals surface area contributed by atoms with Crippen molar-refractivity contribution in [3.8, 4) is 0 Å². The smallest absolute Gasteiger partial charge is 0.282 e. The molecule has 0 radical (unpaired) electrons. The minimum atomic E-state index is 0.00500. The Morgan fingerprint density at radius 2 is 1.00 bits per heavy atom. The van der Waals surface area contributed by atoms with E-state index in [9.17, 15) is 9.59 Å². The van der Waals surface area contributed by atoms with Crippen molar-refractivity contribution in [1.29, 1.82) is 0 Å². The van der Waals surface area contributed by atoms with Crippen LogP contribution in [0, 0.1) is 41.5 Å². The second kappa shape index (κ2) is 15.5. The van der Waals surface area contributed by atoms with E-state index in [0.29, 0.717) is 0 Å². The minimum absolute atomic E-state index is 0.00500. The van der Waals surface area contributed by atoms with Crippen LogP contribution in [0.3, 0.4) is 0 Å². The third-order valence-corrected chi connectivity index (χ3v) is 10.5. The number of hydrogen-bond donors (Lipinski definition) is 2. The SMILES string of the molecule is CCCC(C(=O)Nc1c(C)cc(C)cc1C)[N+]1(C)CCCCC1.Cc1cc(C)c(NC(=O)C(C)[N+]2(C)CCCCC2)c(C)c1. The van der Waals surface area contributed by atoms with E-state index in [4.69, 9.17) is 0 Å². The summed E-state index contributed by atoms with van der Waals surface area (Å²) in [5.74, 6) is 0.348. The molecule has 2 aromatic rings. The Bertz CT molecular complexity index is 1240. The average molecular weight is 607 g/mol. The molecule has 4 rings (SSSR count). The second-order valence-corrected chi connectivity index (χ2v) is 14.5. The first-order valence-corrected chi connectivity index (χ1v) is 17.2. The van der Waals surface area contributed by atoms with Crippen LogP contribution in [0.2, 0.25) is 0 Å². The van der Waals surface area contributed by atoms with Crippen LogP contribution in [0.15, 0.2) is 24.3 Å². The van der Waals surface area contributed by atoms with Crippen molar-refractivity contribution in [2.24, 2.45) is 0 Å². The van der Waals surface area contributed by atoms with Crippen molar-refractivity contribution in [3.05, 3.63) is 57.6 Å².